The fraction of sp³-hybridized carbons (Fsp3) is 0.500. The number of unbranched alkanes of at least 4 members (excludes halogenated alkanes) is 1. The minimum absolute atomic E-state index is 0.585. The molecule has 1 fully saturated rings. The van der Waals surface area contributed by atoms with Crippen molar-refractivity contribution in [3.63, 3.8) is 0 Å². The molecule has 1 heteroatoms. The van der Waals surface area contributed by atoms with Crippen molar-refractivity contribution in [2.75, 3.05) is 6.61 Å². The highest BCUT2D eigenvalue weighted by atomic mass is 16.5. The lowest BCUT2D eigenvalue weighted by Gasteiger charge is -2.25. The number of hydrogen-bond donors (Lipinski definition) is 0. The molecule has 25 heavy (non-hydrogen) atoms. The molecule has 1 aromatic rings. The minimum Gasteiger partial charge on any atom is -0.494 e. The molecule has 1 aliphatic rings. The first kappa shape index (κ1) is 19.2. The summed E-state index contributed by atoms with van der Waals surface area (Å²) in [5, 5.41) is 0. The van der Waals surface area contributed by atoms with Gasteiger partial charge >= 0.3 is 0 Å². The smallest absolute Gasteiger partial charge is 0.119 e. The van der Waals surface area contributed by atoms with Gasteiger partial charge in [0.15, 0.2) is 0 Å². The van der Waals surface area contributed by atoms with Crippen LogP contribution in [0.25, 0.3) is 0 Å². The predicted octanol–water partition coefficient (Wildman–Crippen LogP) is 5.99. The van der Waals surface area contributed by atoms with Crippen LogP contribution in [0.5, 0.6) is 5.75 Å². The van der Waals surface area contributed by atoms with E-state index in [1.165, 1.54) is 44.9 Å². The van der Waals surface area contributed by atoms with Gasteiger partial charge in [-0.15, -0.1) is 0 Å². The lowest BCUT2D eigenvalue weighted by molar-refractivity contribution is 0.296. The van der Waals surface area contributed by atoms with E-state index < -0.39 is 0 Å². The number of hydrogen-bond acceptors (Lipinski definition) is 1. The van der Waals surface area contributed by atoms with Crippen LogP contribution in [-0.4, -0.2) is 6.61 Å². The van der Waals surface area contributed by atoms with Gasteiger partial charge in [0, 0.05) is 11.5 Å². The highest BCUT2D eigenvalue weighted by molar-refractivity contribution is 5.40. The largest absolute Gasteiger partial charge is 0.494 e. The molecule has 132 valence electrons. The Morgan fingerprint density at radius 3 is 2.40 bits per heavy atom. The molecule has 0 aliphatic heterocycles. The summed E-state index contributed by atoms with van der Waals surface area (Å²) in [7, 11) is 0. The van der Waals surface area contributed by atoms with E-state index in [4.69, 9.17) is 4.74 Å². The van der Waals surface area contributed by atoms with E-state index in [9.17, 15) is 0 Å². The molecule has 0 aromatic heterocycles. The van der Waals surface area contributed by atoms with Crippen molar-refractivity contribution in [1.29, 1.82) is 0 Å². The van der Waals surface area contributed by atoms with Crippen LogP contribution in [0.2, 0.25) is 0 Å². The third kappa shape index (κ3) is 7.53. The monoisotopic (exact) mass is 334 g/mol. The Morgan fingerprint density at radius 2 is 1.72 bits per heavy atom. The van der Waals surface area contributed by atoms with Crippen molar-refractivity contribution in [3.8, 4) is 29.4 Å². The lowest BCUT2D eigenvalue weighted by Crippen LogP contribution is -2.13. The lowest BCUT2D eigenvalue weighted by atomic mass is 9.80. The van der Waals surface area contributed by atoms with Gasteiger partial charge in [0.1, 0.15) is 5.75 Å². The fourth-order valence-corrected chi connectivity index (χ4v) is 3.26. The van der Waals surface area contributed by atoms with Gasteiger partial charge < -0.3 is 4.74 Å². The van der Waals surface area contributed by atoms with Crippen molar-refractivity contribution in [2.45, 2.75) is 58.8 Å². The molecule has 0 amide bonds. The molecule has 0 spiro atoms. The molecule has 1 nitrogen and oxygen atoms in total. The Hall–Kier alpha value is -2.12. The molecule has 0 radical (unpaired) electrons. The molecule has 0 saturated heterocycles. The molecule has 0 heterocycles. The number of benzene rings is 1. The van der Waals surface area contributed by atoms with Crippen molar-refractivity contribution >= 4 is 0 Å². The second-order valence-electron chi connectivity index (χ2n) is 6.71. The Kier molecular flexibility index (Phi) is 8.79. The highest BCUT2D eigenvalue weighted by Gasteiger charge is 2.18. The van der Waals surface area contributed by atoms with E-state index in [0.29, 0.717) is 12.5 Å². The summed E-state index contributed by atoms with van der Waals surface area (Å²) in [5.41, 5.74) is 0.992. The first-order valence-corrected chi connectivity index (χ1v) is 9.72. The van der Waals surface area contributed by atoms with Gasteiger partial charge in [-0.2, -0.15) is 0 Å². The molecule has 0 N–H and O–H groups in total. The Bertz CT molecular complexity index is 637. The van der Waals surface area contributed by atoms with Crippen molar-refractivity contribution < 1.29 is 4.74 Å². The van der Waals surface area contributed by atoms with Gasteiger partial charge in [-0.25, -0.2) is 0 Å². The summed E-state index contributed by atoms with van der Waals surface area (Å²) in [6, 6.07) is 7.87. The normalized spacial score (nSPS) is 19.6. The summed E-state index contributed by atoms with van der Waals surface area (Å²) in [5.74, 6) is 15.2. The van der Waals surface area contributed by atoms with Crippen LogP contribution < -0.4 is 4.74 Å². The van der Waals surface area contributed by atoms with Gasteiger partial charge in [-0.3, -0.25) is 0 Å². The van der Waals surface area contributed by atoms with Crippen molar-refractivity contribution in [3.05, 3.63) is 42.0 Å². The van der Waals surface area contributed by atoms with Crippen LogP contribution in [0, 0.1) is 35.5 Å². The number of rotatable bonds is 5. The molecule has 0 atom stereocenters. The average molecular weight is 335 g/mol. The molecule has 0 unspecified atom stereocenters. The minimum atomic E-state index is 0.585. The number of ether oxygens (including phenoxy) is 1. The van der Waals surface area contributed by atoms with Crippen LogP contribution in [0.15, 0.2) is 36.4 Å². The molecule has 1 saturated carbocycles. The van der Waals surface area contributed by atoms with Crippen molar-refractivity contribution in [1.82, 2.24) is 0 Å². The fourth-order valence-electron chi connectivity index (χ4n) is 3.26. The summed E-state index contributed by atoms with van der Waals surface area (Å²) in [6.45, 7) is 4.95. The van der Waals surface area contributed by atoms with Gasteiger partial charge in [-0.05, 0) is 74.9 Å². The first-order chi connectivity index (χ1) is 12.3. The van der Waals surface area contributed by atoms with E-state index in [1.807, 2.05) is 43.3 Å². The predicted molar refractivity (Wildman–Crippen MR) is 106 cm³/mol. The first-order valence-electron chi connectivity index (χ1n) is 9.72. The Morgan fingerprint density at radius 1 is 1.00 bits per heavy atom. The highest BCUT2D eigenvalue weighted by Crippen LogP contribution is 2.31. The zero-order valence-corrected chi connectivity index (χ0v) is 15.7. The molecule has 1 aliphatic carbocycles. The van der Waals surface area contributed by atoms with Gasteiger partial charge in [0.05, 0.1) is 6.61 Å². The maximum absolute atomic E-state index is 5.42. The maximum atomic E-state index is 5.42. The summed E-state index contributed by atoms with van der Waals surface area (Å²) < 4.78 is 5.42. The van der Waals surface area contributed by atoms with Crippen LogP contribution >= 0.6 is 0 Å². The maximum Gasteiger partial charge on any atom is 0.119 e. The van der Waals surface area contributed by atoms with Gasteiger partial charge in [0.2, 0.25) is 0 Å². The zero-order valence-electron chi connectivity index (χ0n) is 15.7. The second kappa shape index (κ2) is 11.4. The zero-order chi connectivity index (χ0) is 17.7. The molecule has 2 rings (SSSR count). The van der Waals surface area contributed by atoms with Crippen LogP contribution in [0.4, 0.5) is 0 Å². The third-order valence-electron chi connectivity index (χ3n) is 4.73. The standard InChI is InChI=1S/C24H30O/c1-3-5-10-21-13-15-22(16-14-21)11-8-6-7-9-12-23-17-19-24(20-18-23)25-4-2/h6-7,17-22H,3-5,10,13-16H2,1-2H3/b7-6+. The van der Waals surface area contributed by atoms with Gasteiger partial charge in [0.25, 0.3) is 0 Å². The molecular weight excluding hydrogens is 304 g/mol. The summed E-state index contributed by atoms with van der Waals surface area (Å²) in [6.07, 6.45) is 13.1. The van der Waals surface area contributed by atoms with Crippen molar-refractivity contribution in [2.24, 2.45) is 11.8 Å². The van der Waals surface area contributed by atoms with Crippen LogP contribution in [-0.2, 0) is 0 Å². The van der Waals surface area contributed by atoms with E-state index in [1.54, 1.807) is 0 Å². The van der Waals surface area contributed by atoms with E-state index in [2.05, 4.69) is 30.6 Å². The summed E-state index contributed by atoms with van der Waals surface area (Å²) >= 11 is 0. The quantitative estimate of drug-likeness (QED) is 0.601. The van der Waals surface area contributed by atoms with Gasteiger partial charge in [-0.1, -0.05) is 49.9 Å². The molecule has 1 aromatic carbocycles. The van der Waals surface area contributed by atoms with E-state index >= 15 is 0 Å². The molecular formula is C24H30O. The number of allylic oxidation sites excluding steroid dienone is 2. The third-order valence-corrected chi connectivity index (χ3v) is 4.73. The van der Waals surface area contributed by atoms with Crippen LogP contribution in [0.1, 0.15) is 64.4 Å². The van der Waals surface area contributed by atoms with Crippen LogP contribution in [0.3, 0.4) is 0 Å². The molecule has 0 bridgehead atoms. The Labute approximate surface area is 153 Å². The summed E-state index contributed by atoms with van der Waals surface area (Å²) in [4.78, 5) is 0. The second-order valence-corrected chi connectivity index (χ2v) is 6.71. The topological polar surface area (TPSA) is 9.23 Å². The average Bonchev–Trinajstić information content (AvgIpc) is 2.65. The SMILES string of the molecule is CCCCC1CCC(C#C/C=C/C#Cc2ccc(OCC)cc2)CC1. The Balaban J connectivity index is 1.73. The van der Waals surface area contributed by atoms with E-state index in [-0.39, 0.29) is 0 Å². The van der Waals surface area contributed by atoms with E-state index in [0.717, 1.165) is 17.2 Å².